The van der Waals surface area contributed by atoms with E-state index < -0.39 is 0 Å². The molecular formula is C15H20N4O. The van der Waals surface area contributed by atoms with Crippen LogP contribution in [0.2, 0.25) is 0 Å². The molecule has 0 atom stereocenters. The van der Waals surface area contributed by atoms with Gasteiger partial charge in [-0.25, -0.2) is 4.98 Å². The average molecular weight is 272 g/mol. The molecule has 1 aromatic heterocycles. The van der Waals surface area contributed by atoms with E-state index in [1.54, 1.807) is 12.3 Å². The number of carbonyl (C=O) groups is 1. The molecule has 106 valence electrons. The molecule has 0 aliphatic carbocycles. The first-order chi connectivity index (χ1) is 9.60. The van der Waals surface area contributed by atoms with Crippen molar-refractivity contribution in [3.8, 4) is 0 Å². The van der Waals surface area contributed by atoms with Crippen molar-refractivity contribution in [1.82, 2.24) is 9.55 Å². The summed E-state index contributed by atoms with van der Waals surface area (Å²) in [4.78, 5) is 16.3. The molecule has 0 saturated carbocycles. The maximum absolute atomic E-state index is 12.1. The van der Waals surface area contributed by atoms with E-state index in [0.717, 1.165) is 29.9 Å². The molecule has 0 saturated heterocycles. The second-order valence-corrected chi connectivity index (χ2v) is 4.84. The topological polar surface area (TPSA) is 72.9 Å². The summed E-state index contributed by atoms with van der Waals surface area (Å²) in [5.41, 5.74) is 8.14. The zero-order valence-corrected chi connectivity index (χ0v) is 11.9. The zero-order chi connectivity index (χ0) is 14.5. The molecule has 2 rings (SSSR count). The summed E-state index contributed by atoms with van der Waals surface area (Å²) >= 11 is 0. The van der Waals surface area contributed by atoms with Crippen LogP contribution in [0.4, 0.5) is 11.4 Å². The second-order valence-electron chi connectivity index (χ2n) is 4.84. The zero-order valence-electron chi connectivity index (χ0n) is 11.9. The van der Waals surface area contributed by atoms with Gasteiger partial charge in [-0.05, 0) is 37.1 Å². The number of hydrogen-bond donors (Lipinski definition) is 2. The van der Waals surface area contributed by atoms with E-state index in [-0.39, 0.29) is 12.5 Å². The fourth-order valence-corrected chi connectivity index (χ4v) is 2.11. The molecule has 0 aliphatic heterocycles. The normalized spacial score (nSPS) is 10.5. The molecule has 0 aliphatic rings. The third-order valence-corrected chi connectivity index (χ3v) is 3.11. The summed E-state index contributed by atoms with van der Waals surface area (Å²) in [7, 11) is 0. The predicted molar refractivity (Wildman–Crippen MR) is 80.4 cm³/mol. The monoisotopic (exact) mass is 272 g/mol. The van der Waals surface area contributed by atoms with Crippen molar-refractivity contribution in [3.63, 3.8) is 0 Å². The van der Waals surface area contributed by atoms with Gasteiger partial charge in [-0.15, -0.1) is 0 Å². The number of imidazole rings is 1. The highest BCUT2D eigenvalue weighted by Gasteiger charge is 2.08. The lowest BCUT2D eigenvalue weighted by molar-refractivity contribution is -0.116. The standard InChI is InChI=1S/C15H20N4O/c1-3-4-14-17-7-8-19(14)10-15(20)18-13-6-5-12(16)9-11(13)2/h5-9H,3-4,10,16H2,1-2H3,(H,18,20). The molecule has 0 spiro atoms. The SMILES string of the molecule is CCCc1nccn1CC(=O)Nc1ccc(N)cc1C. The number of benzene rings is 1. The Hall–Kier alpha value is -2.30. The summed E-state index contributed by atoms with van der Waals surface area (Å²) in [5, 5.41) is 2.90. The molecule has 1 amide bonds. The summed E-state index contributed by atoms with van der Waals surface area (Å²) in [6.45, 7) is 4.29. The van der Waals surface area contributed by atoms with Crippen LogP contribution < -0.4 is 11.1 Å². The fraction of sp³-hybridized carbons (Fsp3) is 0.333. The van der Waals surface area contributed by atoms with Gasteiger partial charge in [0, 0.05) is 30.2 Å². The second kappa shape index (κ2) is 6.23. The van der Waals surface area contributed by atoms with Gasteiger partial charge in [0.2, 0.25) is 5.91 Å². The van der Waals surface area contributed by atoms with Crippen molar-refractivity contribution < 1.29 is 4.79 Å². The fourth-order valence-electron chi connectivity index (χ4n) is 2.11. The van der Waals surface area contributed by atoms with Crippen molar-refractivity contribution >= 4 is 17.3 Å². The van der Waals surface area contributed by atoms with Crippen LogP contribution in [0.3, 0.4) is 0 Å². The largest absolute Gasteiger partial charge is 0.399 e. The van der Waals surface area contributed by atoms with Gasteiger partial charge in [0.05, 0.1) is 0 Å². The molecule has 3 N–H and O–H groups in total. The van der Waals surface area contributed by atoms with Crippen molar-refractivity contribution in [3.05, 3.63) is 42.0 Å². The van der Waals surface area contributed by atoms with Gasteiger partial charge in [-0.1, -0.05) is 6.92 Å². The van der Waals surface area contributed by atoms with Crippen LogP contribution in [-0.2, 0) is 17.8 Å². The molecule has 1 aromatic carbocycles. The van der Waals surface area contributed by atoms with Gasteiger partial charge < -0.3 is 15.6 Å². The minimum absolute atomic E-state index is 0.0618. The first kappa shape index (κ1) is 14.1. The van der Waals surface area contributed by atoms with Crippen LogP contribution in [0.25, 0.3) is 0 Å². The van der Waals surface area contributed by atoms with Gasteiger partial charge in [0.25, 0.3) is 0 Å². The van der Waals surface area contributed by atoms with Gasteiger partial charge in [0.15, 0.2) is 0 Å². The lowest BCUT2D eigenvalue weighted by Gasteiger charge is -2.11. The lowest BCUT2D eigenvalue weighted by atomic mass is 10.2. The minimum atomic E-state index is -0.0618. The molecule has 1 heterocycles. The Labute approximate surface area is 118 Å². The summed E-state index contributed by atoms with van der Waals surface area (Å²) < 4.78 is 1.88. The maximum Gasteiger partial charge on any atom is 0.244 e. The number of nitrogens with zero attached hydrogens (tertiary/aromatic N) is 2. The van der Waals surface area contributed by atoms with E-state index >= 15 is 0 Å². The summed E-state index contributed by atoms with van der Waals surface area (Å²) in [6.07, 6.45) is 5.45. The van der Waals surface area contributed by atoms with Crippen LogP contribution >= 0.6 is 0 Å². The number of hydrogen-bond acceptors (Lipinski definition) is 3. The first-order valence-corrected chi connectivity index (χ1v) is 6.76. The van der Waals surface area contributed by atoms with E-state index in [0.29, 0.717) is 5.69 Å². The third kappa shape index (κ3) is 3.38. The van der Waals surface area contributed by atoms with E-state index in [9.17, 15) is 4.79 Å². The number of rotatable bonds is 5. The maximum atomic E-state index is 12.1. The molecule has 0 fully saturated rings. The van der Waals surface area contributed by atoms with Gasteiger partial charge in [-0.3, -0.25) is 4.79 Å². The Balaban J connectivity index is 2.03. The number of amides is 1. The summed E-state index contributed by atoms with van der Waals surface area (Å²) in [5.74, 6) is 0.880. The molecule has 20 heavy (non-hydrogen) atoms. The Morgan fingerprint density at radius 2 is 2.25 bits per heavy atom. The summed E-state index contributed by atoms with van der Waals surface area (Å²) in [6, 6.07) is 5.45. The highest BCUT2D eigenvalue weighted by atomic mass is 16.1. The van der Waals surface area contributed by atoms with E-state index in [2.05, 4.69) is 17.2 Å². The van der Waals surface area contributed by atoms with Crippen LogP contribution in [0.1, 0.15) is 24.7 Å². The van der Waals surface area contributed by atoms with Crippen LogP contribution in [-0.4, -0.2) is 15.5 Å². The van der Waals surface area contributed by atoms with Crippen molar-refractivity contribution in [2.75, 3.05) is 11.1 Å². The number of nitrogen functional groups attached to an aromatic ring is 1. The van der Waals surface area contributed by atoms with Gasteiger partial charge >= 0.3 is 0 Å². The van der Waals surface area contributed by atoms with Crippen molar-refractivity contribution in [2.45, 2.75) is 33.2 Å². The van der Waals surface area contributed by atoms with E-state index in [1.807, 2.05) is 29.8 Å². The Morgan fingerprint density at radius 1 is 1.45 bits per heavy atom. The lowest BCUT2D eigenvalue weighted by Crippen LogP contribution is -2.20. The van der Waals surface area contributed by atoms with Crippen LogP contribution in [0, 0.1) is 6.92 Å². The Bertz CT molecular complexity index is 604. The Morgan fingerprint density at radius 3 is 2.95 bits per heavy atom. The number of nitrogens with two attached hydrogens (primary N) is 1. The Kier molecular flexibility index (Phi) is 4.40. The van der Waals surface area contributed by atoms with Gasteiger partial charge in [-0.2, -0.15) is 0 Å². The highest BCUT2D eigenvalue weighted by Crippen LogP contribution is 2.17. The number of aromatic nitrogens is 2. The number of aryl methyl sites for hydroxylation is 2. The minimum Gasteiger partial charge on any atom is -0.399 e. The van der Waals surface area contributed by atoms with Crippen molar-refractivity contribution in [1.29, 1.82) is 0 Å². The number of carbonyl (C=O) groups excluding carboxylic acids is 1. The first-order valence-electron chi connectivity index (χ1n) is 6.76. The third-order valence-electron chi connectivity index (χ3n) is 3.11. The van der Waals surface area contributed by atoms with E-state index in [1.165, 1.54) is 0 Å². The molecule has 2 aromatic rings. The molecule has 5 heteroatoms. The van der Waals surface area contributed by atoms with Crippen molar-refractivity contribution in [2.24, 2.45) is 0 Å². The van der Waals surface area contributed by atoms with Crippen LogP contribution in [0.15, 0.2) is 30.6 Å². The predicted octanol–water partition coefficient (Wildman–Crippen LogP) is 2.36. The number of anilines is 2. The van der Waals surface area contributed by atoms with Crippen LogP contribution in [0.5, 0.6) is 0 Å². The molecular weight excluding hydrogens is 252 g/mol. The highest BCUT2D eigenvalue weighted by molar-refractivity contribution is 5.91. The number of nitrogens with one attached hydrogen (secondary N) is 1. The molecule has 5 nitrogen and oxygen atoms in total. The smallest absolute Gasteiger partial charge is 0.244 e. The molecule has 0 unspecified atom stereocenters. The molecule has 0 radical (unpaired) electrons. The molecule has 0 bridgehead atoms. The quantitative estimate of drug-likeness (QED) is 0.821. The average Bonchev–Trinajstić information content (AvgIpc) is 2.81. The van der Waals surface area contributed by atoms with Gasteiger partial charge in [0.1, 0.15) is 12.4 Å². The van der Waals surface area contributed by atoms with E-state index in [4.69, 9.17) is 5.73 Å².